The topological polar surface area (TPSA) is 71.1 Å². The zero-order valence-corrected chi connectivity index (χ0v) is 16.5. The highest BCUT2D eigenvalue weighted by atomic mass is 16.7. The summed E-state index contributed by atoms with van der Waals surface area (Å²) in [5, 5.41) is 0. The van der Waals surface area contributed by atoms with E-state index >= 15 is 0 Å². The maximum Gasteiger partial charge on any atom is 0.333 e. The van der Waals surface area contributed by atoms with E-state index in [2.05, 4.69) is 6.58 Å². The molecule has 0 bridgehead atoms. The van der Waals surface area contributed by atoms with Gasteiger partial charge in [-0.15, -0.1) is 0 Å². The van der Waals surface area contributed by atoms with Crippen molar-refractivity contribution >= 4 is 11.9 Å². The first kappa shape index (κ1) is 21.6. The van der Waals surface area contributed by atoms with E-state index in [9.17, 15) is 9.59 Å². The van der Waals surface area contributed by atoms with Gasteiger partial charge in [0.15, 0.2) is 11.4 Å². The predicted octanol–water partition coefficient (Wildman–Crippen LogP) is 3.24. The van der Waals surface area contributed by atoms with Crippen molar-refractivity contribution in [1.82, 2.24) is 0 Å². The molecule has 1 fully saturated rings. The molecule has 1 rings (SSSR count). The Kier molecular flexibility index (Phi) is 7.20. The van der Waals surface area contributed by atoms with Crippen LogP contribution in [-0.4, -0.2) is 42.6 Å². The van der Waals surface area contributed by atoms with Crippen molar-refractivity contribution in [2.75, 3.05) is 13.2 Å². The van der Waals surface area contributed by atoms with E-state index in [1.54, 1.807) is 20.8 Å². The lowest BCUT2D eigenvalue weighted by Gasteiger charge is -2.42. The molecule has 0 aromatic carbocycles. The van der Waals surface area contributed by atoms with Crippen LogP contribution >= 0.6 is 0 Å². The molecule has 0 amide bonds. The lowest BCUT2D eigenvalue weighted by molar-refractivity contribution is -0.304. The average Bonchev–Trinajstić information content (AvgIpc) is 2.47. The molecule has 0 N–H and O–H groups in total. The van der Waals surface area contributed by atoms with Gasteiger partial charge in [-0.05, 0) is 32.6 Å². The highest BCUT2D eigenvalue weighted by Gasteiger charge is 2.46. The van der Waals surface area contributed by atoms with Crippen molar-refractivity contribution in [2.45, 2.75) is 72.4 Å². The maximum atomic E-state index is 12.5. The van der Waals surface area contributed by atoms with Crippen LogP contribution in [0.25, 0.3) is 0 Å². The first-order valence-corrected chi connectivity index (χ1v) is 8.74. The summed E-state index contributed by atoms with van der Waals surface area (Å²) in [6, 6.07) is 0. The Balaban J connectivity index is 2.88. The number of carbonyl (C=O) groups excluding carboxylic acids is 2. The Morgan fingerprint density at radius 1 is 1.08 bits per heavy atom. The molecule has 0 radical (unpaired) electrons. The molecule has 0 unspecified atom stereocenters. The molecule has 0 atom stereocenters. The lowest BCUT2D eigenvalue weighted by Crippen LogP contribution is -2.55. The molecule has 0 aliphatic carbocycles. The van der Waals surface area contributed by atoms with Crippen LogP contribution in [-0.2, 0) is 28.5 Å². The molecular formula is C19H32O6. The quantitative estimate of drug-likeness (QED) is 0.515. The summed E-state index contributed by atoms with van der Waals surface area (Å²) in [7, 11) is 0. The number of ether oxygens (including phenoxy) is 4. The fourth-order valence-corrected chi connectivity index (χ4v) is 2.67. The fourth-order valence-electron chi connectivity index (χ4n) is 2.67. The van der Waals surface area contributed by atoms with Crippen LogP contribution in [0.3, 0.4) is 0 Å². The van der Waals surface area contributed by atoms with E-state index in [0.29, 0.717) is 0 Å². The van der Waals surface area contributed by atoms with Gasteiger partial charge in [0.1, 0.15) is 6.10 Å². The number of rotatable bonds is 7. The minimum atomic E-state index is -1.21. The SMILES string of the molecule is C=C(C)C(=O)OC1(CC(=O)OC(C(C)C)C(C)C)COC(C)(C)OC1. The third-order valence-corrected chi connectivity index (χ3v) is 4.07. The smallest absolute Gasteiger partial charge is 0.333 e. The first-order valence-electron chi connectivity index (χ1n) is 8.74. The zero-order valence-electron chi connectivity index (χ0n) is 16.5. The zero-order chi connectivity index (χ0) is 19.4. The Labute approximate surface area is 150 Å². The molecule has 0 saturated carbocycles. The highest BCUT2D eigenvalue weighted by molar-refractivity contribution is 5.87. The largest absolute Gasteiger partial charge is 0.462 e. The monoisotopic (exact) mass is 356 g/mol. The fraction of sp³-hybridized carbons (Fsp3) is 0.789. The minimum absolute atomic E-state index is 0.0577. The molecule has 25 heavy (non-hydrogen) atoms. The molecule has 0 spiro atoms. The Morgan fingerprint density at radius 3 is 1.96 bits per heavy atom. The van der Waals surface area contributed by atoms with E-state index < -0.39 is 23.3 Å². The van der Waals surface area contributed by atoms with E-state index in [0.717, 1.165) is 0 Å². The van der Waals surface area contributed by atoms with Gasteiger partial charge in [-0.1, -0.05) is 34.3 Å². The van der Waals surface area contributed by atoms with Crippen LogP contribution < -0.4 is 0 Å². The van der Waals surface area contributed by atoms with Gasteiger partial charge < -0.3 is 18.9 Å². The Hall–Kier alpha value is -1.40. The lowest BCUT2D eigenvalue weighted by atomic mass is 9.95. The summed E-state index contributed by atoms with van der Waals surface area (Å²) < 4.78 is 22.4. The second kappa shape index (κ2) is 8.32. The van der Waals surface area contributed by atoms with E-state index in [1.807, 2.05) is 27.7 Å². The Bertz CT molecular complexity index is 488. The van der Waals surface area contributed by atoms with Gasteiger partial charge in [0.05, 0.1) is 19.6 Å². The van der Waals surface area contributed by atoms with Crippen molar-refractivity contribution in [3.05, 3.63) is 12.2 Å². The van der Waals surface area contributed by atoms with Crippen LogP contribution in [0.1, 0.15) is 54.9 Å². The number of esters is 2. The minimum Gasteiger partial charge on any atom is -0.462 e. The van der Waals surface area contributed by atoms with Gasteiger partial charge in [0.2, 0.25) is 0 Å². The van der Waals surface area contributed by atoms with Gasteiger partial charge in [-0.2, -0.15) is 0 Å². The normalized spacial score (nSPS) is 19.1. The highest BCUT2D eigenvalue weighted by Crippen LogP contribution is 2.30. The number of carbonyl (C=O) groups is 2. The van der Waals surface area contributed by atoms with Crippen molar-refractivity contribution in [3.63, 3.8) is 0 Å². The third-order valence-electron chi connectivity index (χ3n) is 4.07. The standard InChI is InChI=1S/C19H32O6/c1-12(2)16(13(3)4)24-15(20)9-19(25-17(21)14(5)6)10-22-18(7,8)23-11-19/h12-13,16H,5,9-11H2,1-4,6-8H3. The van der Waals surface area contributed by atoms with Gasteiger partial charge >= 0.3 is 11.9 Å². The third kappa shape index (κ3) is 6.44. The van der Waals surface area contributed by atoms with Crippen molar-refractivity contribution < 1.29 is 28.5 Å². The molecule has 1 saturated heterocycles. The molecule has 0 aromatic rings. The summed E-state index contributed by atoms with van der Waals surface area (Å²) in [6.45, 7) is 16.8. The van der Waals surface area contributed by atoms with Crippen LogP contribution in [0.5, 0.6) is 0 Å². The van der Waals surface area contributed by atoms with Crippen molar-refractivity contribution in [2.24, 2.45) is 11.8 Å². The van der Waals surface area contributed by atoms with Gasteiger partial charge in [-0.25, -0.2) is 4.79 Å². The summed E-state index contributed by atoms with van der Waals surface area (Å²) >= 11 is 0. The summed E-state index contributed by atoms with van der Waals surface area (Å²) in [6.07, 6.45) is -0.332. The molecule has 0 aromatic heterocycles. The number of hydrogen-bond donors (Lipinski definition) is 0. The first-order chi connectivity index (χ1) is 11.4. The van der Waals surface area contributed by atoms with E-state index in [4.69, 9.17) is 18.9 Å². The van der Waals surface area contributed by atoms with Crippen molar-refractivity contribution in [3.8, 4) is 0 Å². The molecule has 1 heterocycles. The van der Waals surface area contributed by atoms with Crippen LogP contribution in [0.15, 0.2) is 12.2 Å². The second-order valence-corrected chi connectivity index (χ2v) is 7.95. The molecular weight excluding hydrogens is 324 g/mol. The van der Waals surface area contributed by atoms with Gasteiger partial charge in [0, 0.05) is 5.57 Å². The average molecular weight is 356 g/mol. The molecule has 6 nitrogen and oxygen atoms in total. The van der Waals surface area contributed by atoms with Crippen LogP contribution in [0, 0.1) is 11.8 Å². The second-order valence-electron chi connectivity index (χ2n) is 7.95. The van der Waals surface area contributed by atoms with Crippen molar-refractivity contribution in [1.29, 1.82) is 0 Å². The maximum absolute atomic E-state index is 12.5. The molecule has 6 heteroatoms. The summed E-state index contributed by atoms with van der Waals surface area (Å²) in [4.78, 5) is 24.5. The molecule has 144 valence electrons. The molecule has 1 aliphatic rings. The van der Waals surface area contributed by atoms with Gasteiger partial charge in [0.25, 0.3) is 0 Å². The van der Waals surface area contributed by atoms with Crippen LogP contribution in [0.4, 0.5) is 0 Å². The summed E-state index contributed by atoms with van der Waals surface area (Å²) in [5.41, 5.74) is -0.957. The molecule has 1 aliphatic heterocycles. The summed E-state index contributed by atoms with van der Waals surface area (Å²) in [5.74, 6) is -1.43. The van der Waals surface area contributed by atoms with E-state index in [-0.39, 0.29) is 43.1 Å². The Morgan fingerprint density at radius 2 is 1.56 bits per heavy atom. The predicted molar refractivity (Wildman–Crippen MR) is 93.8 cm³/mol. The van der Waals surface area contributed by atoms with Crippen LogP contribution in [0.2, 0.25) is 0 Å². The van der Waals surface area contributed by atoms with E-state index in [1.165, 1.54) is 0 Å². The number of hydrogen-bond acceptors (Lipinski definition) is 6. The van der Waals surface area contributed by atoms with Gasteiger partial charge in [-0.3, -0.25) is 4.79 Å².